The molecule has 0 aromatic heterocycles. The Labute approximate surface area is 112 Å². The molecule has 0 aliphatic rings. The van der Waals surface area contributed by atoms with Crippen LogP contribution in [0, 0.1) is 0 Å². The molecule has 1 N–H and O–H groups in total. The maximum absolute atomic E-state index is 11.8. The number of aliphatic carboxylic acids is 1. The summed E-state index contributed by atoms with van der Waals surface area (Å²) in [6.07, 6.45) is 1.11. The largest absolute Gasteiger partial charge is 0.480 e. The SMILES string of the molecule is CCCCOC(=O)N(CC(=O)O)Cc1ccccc1. The van der Waals surface area contributed by atoms with Gasteiger partial charge in [0.15, 0.2) is 0 Å². The molecule has 0 spiro atoms. The molecular weight excluding hydrogens is 246 g/mol. The molecule has 0 aliphatic carbocycles. The second kappa shape index (κ2) is 8.13. The smallest absolute Gasteiger partial charge is 0.410 e. The Morgan fingerprint density at radius 1 is 1.26 bits per heavy atom. The second-order valence-electron chi connectivity index (χ2n) is 4.20. The molecule has 1 aromatic rings. The number of carbonyl (C=O) groups excluding carboxylic acids is 1. The maximum atomic E-state index is 11.8. The Kier molecular flexibility index (Phi) is 6.43. The van der Waals surface area contributed by atoms with E-state index >= 15 is 0 Å². The predicted molar refractivity (Wildman–Crippen MR) is 70.7 cm³/mol. The zero-order chi connectivity index (χ0) is 14.1. The standard InChI is InChI=1S/C14H19NO4/c1-2-3-9-19-14(18)15(11-13(16)17)10-12-7-5-4-6-8-12/h4-8H,2-3,9-11H2,1H3,(H,16,17). The van der Waals surface area contributed by atoms with E-state index in [4.69, 9.17) is 9.84 Å². The van der Waals surface area contributed by atoms with E-state index in [0.717, 1.165) is 18.4 Å². The summed E-state index contributed by atoms with van der Waals surface area (Å²) >= 11 is 0. The Bertz CT molecular complexity index is 405. The maximum Gasteiger partial charge on any atom is 0.410 e. The Balaban J connectivity index is 2.60. The highest BCUT2D eigenvalue weighted by Crippen LogP contribution is 2.06. The number of unbranched alkanes of at least 4 members (excludes halogenated alkanes) is 1. The van der Waals surface area contributed by atoms with Gasteiger partial charge in [0.2, 0.25) is 0 Å². The molecule has 1 rings (SSSR count). The molecule has 19 heavy (non-hydrogen) atoms. The zero-order valence-corrected chi connectivity index (χ0v) is 11.0. The van der Waals surface area contributed by atoms with E-state index in [0.29, 0.717) is 6.61 Å². The van der Waals surface area contributed by atoms with Crippen molar-refractivity contribution in [2.24, 2.45) is 0 Å². The highest BCUT2D eigenvalue weighted by atomic mass is 16.6. The van der Waals surface area contributed by atoms with E-state index in [-0.39, 0.29) is 13.1 Å². The summed E-state index contributed by atoms with van der Waals surface area (Å²) in [5.41, 5.74) is 0.871. The van der Waals surface area contributed by atoms with Crippen LogP contribution in [0.2, 0.25) is 0 Å². The summed E-state index contributed by atoms with van der Waals surface area (Å²) in [7, 11) is 0. The number of ether oxygens (including phenoxy) is 1. The lowest BCUT2D eigenvalue weighted by Crippen LogP contribution is -2.35. The third kappa shape index (κ3) is 5.90. The molecule has 1 amide bonds. The van der Waals surface area contributed by atoms with Crippen LogP contribution in [0.3, 0.4) is 0 Å². The molecule has 5 nitrogen and oxygen atoms in total. The first-order valence-corrected chi connectivity index (χ1v) is 6.31. The van der Waals surface area contributed by atoms with E-state index in [1.807, 2.05) is 37.3 Å². The highest BCUT2D eigenvalue weighted by Gasteiger charge is 2.18. The number of nitrogens with zero attached hydrogens (tertiary/aromatic N) is 1. The van der Waals surface area contributed by atoms with E-state index in [9.17, 15) is 9.59 Å². The van der Waals surface area contributed by atoms with Crippen molar-refractivity contribution in [3.63, 3.8) is 0 Å². The lowest BCUT2D eigenvalue weighted by atomic mass is 10.2. The highest BCUT2D eigenvalue weighted by molar-refractivity contribution is 5.76. The van der Waals surface area contributed by atoms with Gasteiger partial charge in [-0.2, -0.15) is 0 Å². The van der Waals surface area contributed by atoms with Gasteiger partial charge in [-0.3, -0.25) is 9.69 Å². The van der Waals surface area contributed by atoms with Crippen molar-refractivity contribution in [3.05, 3.63) is 35.9 Å². The van der Waals surface area contributed by atoms with Crippen molar-refractivity contribution in [2.75, 3.05) is 13.2 Å². The Morgan fingerprint density at radius 3 is 2.53 bits per heavy atom. The minimum atomic E-state index is -1.05. The fourth-order valence-electron chi connectivity index (χ4n) is 1.55. The fraction of sp³-hybridized carbons (Fsp3) is 0.429. The summed E-state index contributed by atoms with van der Waals surface area (Å²) in [5, 5.41) is 8.83. The minimum absolute atomic E-state index is 0.234. The first-order valence-electron chi connectivity index (χ1n) is 6.31. The van der Waals surface area contributed by atoms with E-state index in [1.165, 1.54) is 4.90 Å². The summed E-state index contributed by atoms with van der Waals surface area (Å²) in [6, 6.07) is 9.24. The van der Waals surface area contributed by atoms with Gasteiger partial charge in [0.25, 0.3) is 0 Å². The molecule has 0 saturated heterocycles. The third-order valence-electron chi connectivity index (χ3n) is 2.52. The number of carboxylic acids is 1. The number of carboxylic acid groups (broad SMARTS) is 1. The monoisotopic (exact) mass is 265 g/mol. The molecule has 0 atom stereocenters. The summed E-state index contributed by atoms with van der Waals surface area (Å²) in [5.74, 6) is -1.05. The van der Waals surface area contributed by atoms with Crippen LogP contribution in [0.1, 0.15) is 25.3 Å². The van der Waals surface area contributed by atoms with Crippen LogP contribution in [0.4, 0.5) is 4.79 Å². The molecule has 5 heteroatoms. The van der Waals surface area contributed by atoms with Gasteiger partial charge in [-0.1, -0.05) is 43.7 Å². The fourth-order valence-corrected chi connectivity index (χ4v) is 1.55. The predicted octanol–water partition coefficient (Wildman–Crippen LogP) is 2.51. The zero-order valence-electron chi connectivity index (χ0n) is 11.0. The van der Waals surface area contributed by atoms with Crippen LogP contribution in [0.5, 0.6) is 0 Å². The molecule has 0 bridgehead atoms. The quantitative estimate of drug-likeness (QED) is 0.769. The number of hydrogen-bond donors (Lipinski definition) is 1. The Hall–Kier alpha value is -2.04. The van der Waals surface area contributed by atoms with Gasteiger partial charge in [-0.05, 0) is 12.0 Å². The van der Waals surface area contributed by atoms with Crippen molar-refractivity contribution in [2.45, 2.75) is 26.3 Å². The number of hydrogen-bond acceptors (Lipinski definition) is 3. The van der Waals surface area contributed by atoms with Gasteiger partial charge in [0, 0.05) is 6.54 Å². The topological polar surface area (TPSA) is 66.8 Å². The van der Waals surface area contributed by atoms with Crippen molar-refractivity contribution >= 4 is 12.1 Å². The second-order valence-corrected chi connectivity index (χ2v) is 4.20. The van der Waals surface area contributed by atoms with E-state index in [2.05, 4.69) is 0 Å². The van der Waals surface area contributed by atoms with Gasteiger partial charge >= 0.3 is 12.1 Å². The summed E-state index contributed by atoms with van der Waals surface area (Å²) in [6.45, 7) is 2.19. The van der Waals surface area contributed by atoms with Crippen LogP contribution in [-0.4, -0.2) is 35.2 Å². The van der Waals surface area contributed by atoms with Gasteiger partial charge in [-0.15, -0.1) is 0 Å². The van der Waals surface area contributed by atoms with Crippen LogP contribution >= 0.6 is 0 Å². The lowest BCUT2D eigenvalue weighted by molar-refractivity contribution is -0.138. The van der Waals surface area contributed by atoms with Crippen molar-refractivity contribution in [1.82, 2.24) is 4.90 Å². The van der Waals surface area contributed by atoms with E-state index < -0.39 is 12.1 Å². The first kappa shape index (κ1) is 15.0. The molecular formula is C14H19NO4. The average Bonchev–Trinajstić information content (AvgIpc) is 2.39. The van der Waals surface area contributed by atoms with Crippen LogP contribution in [0.25, 0.3) is 0 Å². The van der Waals surface area contributed by atoms with E-state index in [1.54, 1.807) is 0 Å². The number of rotatable bonds is 7. The minimum Gasteiger partial charge on any atom is -0.480 e. The first-order chi connectivity index (χ1) is 9.13. The van der Waals surface area contributed by atoms with Gasteiger partial charge in [-0.25, -0.2) is 4.79 Å². The van der Waals surface area contributed by atoms with Crippen molar-refractivity contribution < 1.29 is 19.4 Å². The van der Waals surface area contributed by atoms with Crippen LogP contribution < -0.4 is 0 Å². The van der Waals surface area contributed by atoms with Gasteiger partial charge in [0.1, 0.15) is 6.54 Å². The third-order valence-corrected chi connectivity index (χ3v) is 2.52. The number of amides is 1. The molecule has 0 saturated carbocycles. The van der Waals surface area contributed by atoms with Gasteiger partial charge in [0.05, 0.1) is 6.61 Å². The van der Waals surface area contributed by atoms with Crippen molar-refractivity contribution in [3.8, 4) is 0 Å². The lowest BCUT2D eigenvalue weighted by Gasteiger charge is -2.20. The Morgan fingerprint density at radius 2 is 1.95 bits per heavy atom. The van der Waals surface area contributed by atoms with Gasteiger partial charge < -0.3 is 9.84 Å². The van der Waals surface area contributed by atoms with Crippen molar-refractivity contribution in [1.29, 1.82) is 0 Å². The molecule has 1 aromatic carbocycles. The molecule has 0 aliphatic heterocycles. The molecule has 0 unspecified atom stereocenters. The normalized spacial score (nSPS) is 9.95. The van der Waals surface area contributed by atoms with Crippen LogP contribution in [0.15, 0.2) is 30.3 Å². The molecule has 0 heterocycles. The number of carbonyl (C=O) groups is 2. The number of benzene rings is 1. The average molecular weight is 265 g/mol. The summed E-state index contributed by atoms with van der Waals surface area (Å²) < 4.78 is 5.04. The molecule has 104 valence electrons. The molecule has 0 fully saturated rings. The van der Waals surface area contributed by atoms with Crippen LogP contribution in [-0.2, 0) is 16.1 Å². The molecule has 0 radical (unpaired) electrons. The summed E-state index contributed by atoms with van der Waals surface area (Å²) in [4.78, 5) is 23.8.